The van der Waals surface area contributed by atoms with Crippen molar-refractivity contribution in [1.29, 1.82) is 0 Å². The molecule has 3 atom stereocenters. The lowest BCUT2D eigenvalue weighted by Crippen LogP contribution is -2.64. The minimum atomic E-state index is -1.02. The van der Waals surface area contributed by atoms with Gasteiger partial charge < -0.3 is 20.6 Å². The first-order valence-electron chi connectivity index (χ1n) is 14.8. The van der Waals surface area contributed by atoms with Gasteiger partial charge in [0.15, 0.2) is 0 Å². The second-order valence-corrected chi connectivity index (χ2v) is 12.9. The number of hydrogen-bond acceptors (Lipinski definition) is 7. The minimum absolute atomic E-state index is 0.0142. The third-order valence-corrected chi connectivity index (χ3v) is 8.52. The van der Waals surface area contributed by atoms with Crippen LogP contribution >= 0.6 is 11.6 Å². The van der Waals surface area contributed by atoms with Gasteiger partial charge in [0.1, 0.15) is 23.8 Å². The molecule has 0 spiro atoms. The van der Waals surface area contributed by atoms with Gasteiger partial charge in [-0.25, -0.2) is 4.98 Å². The first-order valence-corrected chi connectivity index (χ1v) is 15.2. The molecule has 1 saturated heterocycles. The van der Waals surface area contributed by atoms with Crippen LogP contribution in [0.15, 0.2) is 42.9 Å². The number of aliphatic carboxylic acids is 1. The second kappa shape index (κ2) is 14.3. The predicted octanol–water partition coefficient (Wildman–Crippen LogP) is 3.14. The Labute approximate surface area is 257 Å². The fourth-order valence-electron chi connectivity index (χ4n) is 5.83. The molecule has 0 radical (unpaired) electrons. The van der Waals surface area contributed by atoms with Crippen molar-refractivity contribution in [3.05, 3.63) is 59.1 Å². The van der Waals surface area contributed by atoms with Gasteiger partial charge in [-0.3, -0.25) is 29.1 Å². The maximum Gasteiger partial charge on any atom is 0.322 e. The topological polar surface area (TPSA) is 145 Å². The van der Waals surface area contributed by atoms with E-state index in [1.54, 1.807) is 12.1 Å². The van der Waals surface area contributed by atoms with Crippen LogP contribution in [-0.2, 0) is 20.9 Å². The number of hydrogen-bond donors (Lipinski definition) is 3. The molecule has 3 N–H and O–H groups in total. The van der Waals surface area contributed by atoms with Crippen molar-refractivity contribution in [2.45, 2.75) is 77.5 Å². The van der Waals surface area contributed by atoms with Crippen LogP contribution in [0.2, 0.25) is 5.02 Å². The number of halogens is 1. The minimum Gasteiger partial charge on any atom is -0.480 e. The fraction of sp³-hybridized carbons (Fsp3) is 0.548. The van der Waals surface area contributed by atoms with E-state index in [4.69, 9.17) is 11.6 Å². The van der Waals surface area contributed by atoms with Crippen LogP contribution in [-0.4, -0.2) is 86.3 Å². The number of carboxylic acid groups (broad SMARTS) is 1. The Kier molecular flexibility index (Phi) is 10.7. The molecular formula is C31H41ClN6O5. The first-order chi connectivity index (χ1) is 20.4. The molecule has 11 nitrogen and oxygen atoms in total. The van der Waals surface area contributed by atoms with Gasteiger partial charge in [-0.05, 0) is 41.9 Å². The molecule has 2 fully saturated rings. The highest BCUT2D eigenvalue weighted by molar-refractivity contribution is 6.30. The fourth-order valence-corrected chi connectivity index (χ4v) is 5.95. The van der Waals surface area contributed by atoms with E-state index in [0.29, 0.717) is 24.7 Å². The SMILES string of the molecule is CC(C)(C)C(NC(=O)C(NC(=O)c1cnccn1)C1CCCCC1)C(=O)N1CCN(Cc2ccc(Cl)cc2)C(C(=O)O)C1. The molecule has 2 aromatic rings. The highest BCUT2D eigenvalue weighted by Crippen LogP contribution is 2.28. The van der Waals surface area contributed by atoms with Crippen molar-refractivity contribution in [2.75, 3.05) is 19.6 Å². The predicted molar refractivity (Wildman–Crippen MR) is 161 cm³/mol. The molecule has 3 amide bonds. The molecule has 3 unspecified atom stereocenters. The molecule has 0 bridgehead atoms. The van der Waals surface area contributed by atoms with Crippen LogP contribution in [0.1, 0.15) is 68.9 Å². The standard InChI is InChI=1S/C31H41ClN6O5/c1-31(2,3)26(29(41)38-16-15-37(24(19-38)30(42)43)18-20-9-11-22(32)12-10-20)36-28(40)25(21-7-5-4-6-8-21)35-27(39)23-17-33-13-14-34-23/h9-14,17,21,24-26H,4-8,15-16,18-19H2,1-3H3,(H,35,39)(H,36,40)(H,42,43). The van der Waals surface area contributed by atoms with Crippen LogP contribution in [0.25, 0.3) is 0 Å². The summed E-state index contributed by atoms with van der Waals surface area (Å²) in [7, 11) is 0. The summed E-state index contributed by atoms with van der Waals surface area (Å²) >= 11 is 6.00. The van der Waals surface area contributed by atoms with Crippen LogP contribution in [0.5, 0.6) is 0 Å². The summed E-state index contributed by atoms with van der Waals surface area (Å²) in [4.78, 5) is 64.5. The van der Waals surface area contributed by atoms with Crippen molar-refractivity contribution in [2.24, 2.45) is 11.3 Å². The quantitative estimate of drug-likeness (QED) is 0.392. The molecule has 1 aromatic heterocycles. The van der Waals surface area contributed by atoms with Crippen molar-refractivity contribution in [1.82, 2.24) is 30.4 Å². The normalized spacial score (nSPS) is 19.7. The number of nitrogens with zero attached hydrogens (tertiary/aromatic N) is 4. The van der Waals surface area contributed by atoms with E-state index in [1.807, 2.05) is 37.8 Å². The van der Waals surface area contributed by atoms with Crippen LogP contribution in [0.4, 0.5) is 0 Å². The summed E-state index contributed by atoms with van der Waals surface area (Å²) in [5.74, 6) is -2.39. The van der Waals surface area contributed by atoms with Gasteiger partial charge >= 0.3 is 5.97 Å². The number of carbonyl (C=O) groups is 4. The summed E-state index contributed by atoms with van der Waals surface area (Å²) in [6.45, 7) is 6.63. The Bertz CT molecular complexity index is 1280. The number of nitrogens with one attached hydrogen (secondary N) is 2. The Hall–Kier alpha value is -3.57. The Morgan fingerprint density at radius 1 is 1.02 bits per heavy atom. The lowest BCUT2D eigenvalue weighted by molar-refractivity contribution is -0.151. The van der Waals surface area contributed by atoms with Crippen LogP contribution in [0.3, 0.4) is 0 Å². The lowest BCUT2D eigenvalue weighted by Gasteiger charge is -2.42. The van der Waals surface area contributed by atoms with Gasteiger partial charge in [0.2, 0.25) is 11.8 Å². The van der Waals surface area contributed by atoms with Crippen molar-refractivity contribution in [3.8, 4) is 0 Å². The summed E-state index contributed by atoms with van der Waals surface area (Å²) in [5, 5.41) is 16.5. The largest absolute Gasteiger partial charge is 0.480 e. The molecule has 2 heterocycles. The van der Waals surface area contributed by atoms with Crippen LogP contribution in [0, 0.1) is 11.3 Å². The number of carboxylic acids is 1. The molecule has 1 aliphatic heterocycles. The third-order valence-electron chi connectivity index (χ3n) is 8.27. The van der Waals surface area contributed by atoms with E-state index < -0.39 is 41.3 Å². The zero-order valence-corrected chi connectivity index (χ0v) is 25.7. The smallest absolute Gasteiger partial charge is 0.322 e. The van der Waals surface area contributed by atoms with Gasteiger partial charge in [-0.1, -0.05) is 63.8 Å². The van der Waals surface area contributed by atoms with Gasteiger partial charge in [0, 0.05) is 43.6 Å². The molecule has 232 valence electrons. The maximum atomic E-state index is 14.0. The van der Waals surface area contributed by atoms with Gasteiger partial charge in [-0.2, -0.15) is 0 Å². The van der Waals surface area contributed by atoms with E-state index in [9.17, 15) is 24.3 Å². The van der Waals surface area contributed by atoms with E-state index in [1.165, 1.54) is 23.5 Å². The van der Waals surface area contributed by atoms with E-state index in [2.05, 4.69) is 20.6 Å². The number of piperazine rings is 1. The summed E-state index contributed by atoms with van der Waals surface area (Å²) in [6, 6.07) is 4.54. The summed E-state index contributed by atoms with van der Waals surface area (Å²) < 4.78 is 0. The highest BCUT2D eigenvalue weighted by atomic mass is 35.5. The van der Waals surface area contributed by atoms with Gasteiger partial charge in [-0.15, -0.1) is 0 Å². The summed E-state index contributed by atoms with van der Waals surface area (Å²) in [6.07, 6.45) is 8.76. The molecular weight excluding hydrogens is 572 g/mol. The van der Waals surface area contributed by atoms with Crippen molar-refractivity contribution in [3.63, 3.8) is 0 Å². The molecule has 1 saturated carbocycles. The zero-order valence-electron chi connectivity index (χ0n) is 25.0. The first kappa shape index (κ1) is 32.3. The Morgan fingerprint density at radius 2 is 1.72 bits per heavy atom. The van der Waals surface area contributed by atoms with Crippen LogP contribution < -0.4 is 10.6 Å². The molecule has 4 rings (SSSR count). The Morgan fingerprint density at radius 3 is 2.33 bits per heavy atom. The number of aromatic nitrogens is 2. The summed E-state index contributed by atoms with van der Waals surface area (Å²) in [5.41, 5.74) is 0.348. The number of carbonyl (C=O) groups excluding carboxylic acids is 3. The second-order valence-electron chi connectivity index (χ2n) is 12.5. The Balaban J connectivity index is 1.49. The lowest BCUT2D eigenvalue weighted by atomic mass is 9.82. The number of benzene rings is 1. The van der Waals surface area contributed by atoms with E-state index in [0.717, 1.165) is 37.7 Å². The van der Waals surface area contributed by atoms with Crippen molar-refractivity contribution >= 4 is 35.3 Å². The average Bonchev–Trinajstić information content (AvgIpc) is 2.99. The maximum absolute atomic E-state index is 14.0. The van der Waals surface area contributed by atoms with E-state index in [-0.39, 0.29) is 24.1 Å². The van der Waals surface area contributed by atoms with Gasteiger partial charge in [0.05, 0.1) is 6.20 Å². The monoisotopic (exact) mass is 612 g/mol. The molecule has 43 heavy (non-hydrogen) atoms. The molecule has 1 aromatic carbocycles. The van der Waals surface area contributed by atoms with E-state index >= 15 is 0 Å². The van der Waals surface area contributed by atoms with Crippen molar-refractivity contribution < 1.29 is 24.3 Å². The third kappa shape index (κ3) is 8.51. The zero-order chi connectivity index (χ0) is 31.1. The van der Waals surface area contributed by atoms with Gasteiger partial charge in [0.25, 0.3) is 5.91 Å². The molecule has 12 heteroatoms. The number of amides is 3. The number of rotatable bonds is 9. The molecule has 1 aliphatic carbocycles. The molecule has 2 aliphatic rings. The highest BCUT2D eigenvalue weighted by Gasteiger charge is 2.42. The average molecular weight is 613 g/mol.